The van der Waals surface area contributed by atoms with Gasteiger partial charge in [-0.15, -0.1) is 0 Å². The van der Waals surface area contributed by atoms with Gasteiger partial charge in [-0.1, -0.05) is 37.8 Å². The summed E-state index contributed by atoms with van der Waals surface area (Å²) in [5, 5.41) is 0. The van der Waals surface area contributed by atoms with Gasteiger partial charge in [0.2, 0.25) is 0 Å². The fourth-order valence-corrected chi connectivity index (χ4v) is 6.74. The van der Waals surface area contributed by atoms with Gasteiger partial charge in [0.15, 0.2) is 5.78 Å². The topological polar surface area (TPSA) is 64.8 Å². The number of hydrogen-bond acceptors (Lipinski definition) is 5. The molecule has 0 amide bonds. The van der Waals surface area contributed by atoms with Crippen molar-refractivity contribution in [1.82, 2.24) is 4.90 Å². The number of nitrogens with two attached hydrogens (primary N) is 1. The Balaban J connectivity index is 1.14. The molecule has 3 aliphatic carbocycles. The molecular formula is C35H54N2O3. The molecule has 4 rings (SSSR count). The molecule has 2 unspecified atom stereocenters. The molecule has 0 heterocycles. The predicted molar refractivity (Wildman–Crippen MR) is 164 cm³/mol. The second-order valence-corrected chi connectivity index (χ2v) is 12.7. The molecule has 0 saturated heterocycles. The van der Waals surface area contributed by atoms with Crippen molar-refractivity contribution in [3.8, 4) is 5.75 Å². The maximum absolute atomic E-state index is 13.0. The molecule has 0 bridgehead atoms. The van der Waals surface area contributed by atoms with E-state index in [-0.39, 0.29) is 0 Å². The first-order chi connectivity index (χ1) is 19.6. The first kappa shape index (κ1) is 30.8. The van der Waals surface area contributed by atoms with Crippen molar-refractivity contribution >= 4 is 5.78 Å². The van der Waals surface area contributed by atoms with E-state index in [0.29, 0.717) is 30.0 Å². The van der Waals surface area contributed by atoms with Crippen LogP contribution in [0.25, 0.3) is 0 Å². The van der Waals surface area contributed by atoms with E-state index in [1.54, 1.807) is 0 Å². The van der Waals surface area contributed by atoms with Gasteiger partial charge in [-0.05, 0) is 131 Å². The summed E-state index contributed by atoms with van der Waals surface area (Å²) in [5.74, 6) is 4.19. The Labute approximate surface area is 243 Å². The summed E-state index contributed by atoms with van der Waals surface area (Å²) in [4.78, 5) is 15.4. The monoisotopic (exact) mass is 550 g/mol. The van der Waals surface area contributed by atoms with E-state index in [2.05, 4.69) is 42.3 Å². The van der Waals surface area contributed by atoms with Crippen LogP contribution in [0.15, 0.2) is 47.7 Å². The Bertz CT molecular complexity index is 965. The van der Waals surface area contributed by atoms with Gasteiger partial charge < -0.3 is 20.1 Å². The molecule has 5 heteroatoms. The summed E-state index contributed by atoms with van der Waals surface area (Å²) in [5.41, 5.74) is 7.93. The van der Waals surface area contributed by atoms with Crippen LogP contribution < -0.4 is 10.5 Å². The van der Waals surface area contributed by atoms with E-state index in [4.69, 9.17) is 15.2 Å². The largest absolute Gasteiger partial charge is 0.494 e. The van der Waals surface area contributed by atoms with Gasteiger partial charge in [-0.2, -0.15) is 0 Å². The summed E-state index contributed by atoms with van der Waals surface area (Å²) in [6.45, 7) is 4.26. The summed E-state index contributed by atoms with van der Waals surface area (Å²) in [6, 6.07) is 8.58. The standard InChI is InChI=1S/C35H54N2O3/c1-37(21-19-35(38)32-16-9-18-34(24-32)39-26-29-11-3-2-4-12-29)25-30-14-7-15-31(22-30)27-40-33-17-8-13-28(23-33)10-5-6-20-36/h8,13,17-18,23-24,29-31H,2-7,9-12,14-16,19-22,25-27,36H2,1H3. The van der Waals surface area contributed by atoms with Crippen molar-refractivity contribution in [2.75, 3.05) is 39.9 Å². The Hall–Kier alpha value is -2.11. The molecule has 40 heavy (non-hydrogen) atoms. The number of hydrogen-bond donors (Lipinski definition) is 1. The second kappa shape index (κ2) is 17.0. The van der Waals surface area contributed by atoms with Crippen LogP contribution in [-0.2, 0) is 16.0 Å². The summed E-state index contributed by atoms with van der Waals surface area (Å²) < 4.78 is 12.4. The highest BCUT2D eigenvalue weighted by Crippen LogP contribution is 2.31. The minimum absolute atomic E-state index is 0.291. The van der Waals surface area contributed by atoms with Crippen LogP contribution in [-0.4, -0.2) is 50.6 Å². The van der Waals surface area contributed by atoms with E-state index >= 15 is 0 Å². The molecule has 0 radical (unpaired) electrons. The highest BCUT2D eigenvalue weighted by molar-refractivity contribution is 5.96. The van der Waals surface area contributed by atoms with Crippen molar-refractivity contribution in [1.29, 1.82) is 0 Å². The number of carbonyl (C=O) groups is 1. The molecule has 1 aromatic carbocycles. The number of carbonyl (C=O) groups excluding carboxylic acids is 1. The molecule has 5 nitrogen and oxygen atoms in total. The number of ether oxygens (including phenoxy) is 2. The van der Waals surface area contributed by atoms with Gasteiger partial charge in [0.1, 0.15) is 11.5 Å². The first-order valence-corrected chi connectivity index (χ1v) is 16.3. The zero-order valence-corrected chi connectivity index (χ0v) is 25.1. The summed E-state index contributed by atoms with van der Waals surface area (Å²) >= 11 is 0. The second-order valence-electron chi connectivity index (χ2n) is 12.7. The fraction of sp³-hybridized carbons (Fsp3) is 0.686. The van der Waals surface area contributed by atoms with Crippen LogP contribution in [0.5, 0.6) is 5.75 Å². The van der Waals surface area contributed by atoms with Gasteiger partial charge in [0.25, 0.3) is 0 Å². The van der Waals surface area contributed by atoms with E-state index < -0.39 is 0 Å². The lowest BCUT2D eigenvalue weighted by atomic mass is 9.81. The zero-order chi connectivity index (χ0) is 28.0. The maximum Gasteiger partial charge on any atom is 0.160 e. The lowest BCUT2D eigenvalue weighted by molar-refractivity contribution is -0.116. The Morgan fingerprint density at radius 2 is 1.77 bits per heavy atom. The molecule has 1 aromatic rings. The van der Waals surface area contributed by atoms with E-state index in [1.165, 1.54) is 63.4 Å². The maximum atomic E-state index is 13.0. The van der Waals surface area contributed by atoms with Crippen LogP contribution in [0.4, 0.5) is 0 Å². The number of benzene rings is 1. The summed E-state index contributed by atoms with van der Waals surface area (Å²) in [7, 11) is 2.18. The van der Waals surface area contributed by atoms with Crippen molar-refractivity contribution in [3.63, 3.8) is 0 Å². The minimum Gasteiger partial charge on any atom is -0.494 e. The number of Topliss-reactive ketones (excluding diaryl/α,β-unsaturated/α-hetero) is 1. The quantitative estimate of drug-likeness (QED) is 0.220. The SMILES string of the molecule is CN(CCC(=O)C1=CC(OCC2CCCCC2)=CCC1)CC1CCCC(COc2cccc(CCCCN)c2)C1. The van der Waals surface area contributed by atoms with Gasteiger partial charge >= 0.3 is 0 Å². The van der Waals surface area contributed by atoms with Crippen molar-refractivity contribution in [2.45, 2.75) is 96.3 Å². The van der Waals surface area contributed by atoms with Crippen LogP contribution in [0.1, 0.15) is 95.5 Å². The van der Waals surface area contributed by atoms with E-state index in [1.807, 2.05) is 6.08 Å². The third-order valence-corrected chi connectivity index (χ3v) is 9.13. The normalized spacial score (nSPS) is 22.1. The van der Waals surface area contributed by atoms with Gasteiger partial charge in [0, 0.05) is 19.5 Å². The van der Waals surface area contributed by atoms with Gasteiger partial charge in [-0.25, -0.2) is 0 Å². The molecule has 2 atom stereocenters. The highest BCUT2D eigenvalue weighted by Gasteiger charge is 2.24. The molecule has 222 valence electrons. The number of unbranched alkanes of at least 4 members (excludes halogenated alkanes) is 1. The van der Waals surface area contributed by atoms with Crippen LogP contribution in [0.2, 0.25) is 0 Å². The van der Waals surface area contributed by atoms with Crippen LogP contribution in [0.3, 0.4) is 0 Å². The Morgan fingerprint density at radius 3 is 2.62 bits per heavy atom. The molecule has 0 aromatic heterocycles. The fourth-order valence-electron chi connectivity index (χ4n) is 6.74. The molecule has 3 aliphatic rings. The minimum atomic E-state index is 0.291. The zero-order valence-electron chi connectivity index (χ0n) is 25.1. The van der Waals surface area contributed by atoms with Crippen LogP contribution in [0, 0.1) is 17.8 Å². The molecule has 2 saturated carbocycles. The number of allylic oxidation sites excluding steroid dienone is 3. The Kier molecular flexibility index (Phi) is 13.1. The first-order valence-electron chi connectivity index (χ1n) is 16.3. The lowest BCUT2D eigenvalue weighted by Crippen LogP contribution is -2.32. The molecule has 2 fully saturated rings. The van der Waals surface area contributed by atoms with Gasteiger partial charge in [-0.3, -0.25) is 4.79 Å². The molecule has 0 aliphatic heterocycles. The van der Waals surface area contributed by atoms with Crippen molar-refractivity contribution in [2.24, 2.45) is 23.5 Å². The average Bonchev–Trinajstić information content (AvgIpc) is 2.99. The predicted octanol–water partition coefficient (Wildman–Crippen LogP) is 7.25. The average molecular weight is 551 g/mol. The van der Waals surface area contributed by atoms with E-state index in [0.717, 1.165) is 82.0 Å². The van der Waals surface area contributed by atoms with Crippen molar-refractivity contribution in [3.05, 3.63) is 53.3 Å². The summed E-state index contributed by atoms with van der Waals surface area (Å²) in [6.07, 6.45) is 21.4. The smallest absolute Gasteiger partial charge is 0.160 e. The number of rotatable bonds is 16. The lowest BCUT2D eigenvalue weighted by Gasteiger charge is -2.32. The van der Waals surface area contributed by atoms with Crippen LogP contribution >= 0.6 is 0 Å². The van der Waals surface area contributed by atoms with Crippen molar-refractivity contribution < 1.29 is 14.3 Å². The third-order valence-electron chi connectivity index (χ3n) is 9.13. The molecule has 0 spiro atoms. The Morgan fingerprint density at radius 1 is 0.975 bits per heavy atom. The third kappa shape index (κ3) is 10.7. The van der Waals surface area contributed by atoms with E-state index in [9.17, 15) is 4.79 Å². The number of nitrogens with zero attached hydrogens (tertiary/aromatic N) is 1. The molecular weight excluding hydrogens is 496 g/mol. The highest BCUT2D eigenvalue weighted by atomic mass is 16.5. The number of ketones is 1. The number of aryl methyl sites for hydroxylation is 1. The van der Waals surface area contributed by atoms with Gasteiger partial charge in [0.05, 0.1) is 13.2 Å². The molecule has 2 N–H and O–H groups in total.